The third kappa shape index (κ3) is 5.49. The summed E-state index contributed by atoms with van der Waals surface area (Å²) in [6.07, 6.45) is 2.93. The second-order valence-electron chi connectivity index (χ2n) is 7.11. The highest BCUT2D eigenvalue weighted by molar-refractivity contribution is 5.66. The minimum atomic E-state index is -0.747. The average molecular weight is 329 g/mol. The Hall–Kier alpha value is -2.14. The van der Waals surface area contributed by atoms with E-state index in [0.29, 0.717) is 19.5 Å². The van der Waals surface area contributed by atoms with E-state index >= 15 is 0 Å². The maximum atomic E-state index is 10.6. The van der Waals surface area contributed by atoms with E-state index in [1.807, 2.05) is 22.9 Å². The molecular weight excluding hydrogens is 302 g/mol. The van der Waals surface area contributed by atoms with Crippen molar-refractivity contribution in [2.75, 3.05) is 6.54 Å². The van der Waals surface area contributed by atoms with Gasteiger partial charge in [0.1, 0.15) is 0 Å². The molecule has 2 N–H and O–H groups in total. The fourth-order valence-corrected chi connectivity index (χ4v) is 2.66. The van der Waals surface area contributed by atoms with Crippen molar-refractivity contribution in [3.8, 4) is 0 Å². The molecule has 2 rings (SSSR count). The molecule has 5 heteroatoms. The summed E-state index contributed by atoms with van der Waals surface area (Å²) < 4.78 is 1.99. The van der Waals surface area contributed by atoms with Crippen LogP contribution in [0.5, 0.6) is 0 Å². The molecule has 1 heterocycles. The molecule has 0 aliphatic carbocycles. The summed E-state index contributed by atoms with van der Waals surface area (Å²) >= 11 is 0. The van der Waals surface area contributed by atoms with Crippen LogP contribution >= 0.6 is 0 Å². The molecule has 0 spiro atoms. The van der Waals surface area contributed by atoms with Crippen LogP contribution in [-0.2, 0) is 23.3 Å². The van der Waals surface area contributed by atoms with Crippen LogP contribution in [-0.4, -0.2) is 27.4 Å². The van der Waals surface area contributed by atoms with Gasteiger partial charge in [0.05, 0.1) is 12.2 Å². The van der Waals surface area contributed by atoms with E-state index in [0.717, 1.165) is 12.2 Å². The SMILES string of the molecule is CC(C)(C)c1nn(Cc2ccccc2)cc1CNCCCC(=O)O. The van der Waals surface area contributed by atoms with Crippen LogP contribution in [0.25, 0.3) is 0 Å². The number of benzene rings is 1. The van der Waals surface area contributed by atoms with Crippen molar-refractivity contribution in [3.05, 3.63) is 53.3 Å². The fraction of sp³-hybridized carbons (Fsp3) is 0.474. The van der Waals surface area contributed by atoms with Crippen LogP contribution < -0.4 is 5.32 Å². The largest absolute Gasteiger partial charge is 0.481 e. The van der Waals surface area contributed by atoms with Gasteiger partial charge in [-0.2, -0.15) is 5.10 Å². The molecule has 0 bridgehead atoms. The molecule has 130 valence electrons. The van der Waals surface area contributed by atoms with Gasteiger partial charge in [-0.25, -0.2) is 0 Å². The maximum Gasteiger partial charge on any atom is 0.303 e. The first-order valence-electron chi connectivity index (χ1n) is 8.39. The number of nitrogens with one attached hydrogen (secondary N) is 1. The van der Waals surface area contributed by atoms with Crippen LogP contribution in [0, 0.1) is 0 Å². The van der Waals surface area contributed by atoms with Crippen LogP contribution in [0.4, 0.5) is 0 Å². The molecule has 0 unspecified atom stereocenters. The van der Waals surface area contributed by atoms with Crippen molar-refractivity contribution in [2.24, 2.45) is 0 Å². The Bertz CT molecular complexity index is 657. The van der Waals surface area contributed by atoms with Gasteiger partial charge in [-0.3, -0.25) is 9.48 Å². The van der Waals surface area contributed by atoms with E-state index in [2.05, 4.69) is 44.4 Å². The van der Waals surface area contributed by atoms with E-state index in [-0.39, 0.29) is 11.8 Å². The van der Waals surface area contributed by atoms with Crippen molar-refractivity contribution >= 4 is 5.97 Å². The molecule has 0 atom stereocenters. The molecule has 0 fully saturated rings. The van der Waals surface area contributed by atoms with Gasteiger partial charge in [0, 0.05) is 30.1 Å². The molecule has 2 aromatic rings. The monoisotopic (exact) mass is 329 g/mol. The lowest BCUT2D eigenvalue weighted by atomic mass is 9.89. The smallest absolute Gasteiger partial charge is 0.303 e. The second-order valence-corrected chi connectivity index (χ2v) is 7.11. The van der Waals surface area contributed by atoms with Gasteiger partial charge in [-0.05, 0) is 18.5 Å². The molecule has 0 amide bonds. The number of hydrogen-bond donors (Lipinski definition) is 2. The summed E-state index contributed by atoms with van der Waals surface area (Å²) in [4.78, 5) is 10.6. The molecular formula is C19H27N3O2. The van der Waals surface area contributed by atoms with Gasteiger partial charge in [0.2, 0.25) is 0 Å². The minimum absolute atomic E-state index is 0.0278. The minimum Gasteiger partial charge on any atom is -0.481 e. The Morgan fingerprint density at radius 1 is 1.25 bits per heavy atom. The Kier molecular flexibility index (Phi) is 6.15. The molecule has 0 aliphatic rings. The third-order valence-corrected chi connectivity index (χ3v) is 3.79. The van der Waals surface area contributed by atoms with Gasteiger partial charge < -0.3 is 10.4 Å². The van der Waals surface area contributed by atoms with Gasteiger partial charge in [-0.15, -0.1) is 0 Å². The number of rotatable bonds is 8. The zero-order valence-electron chi connectivity index (χ0n) is 14.7. The molecule has 0 aliphatic heterocycles. The first-order valence-corrected chi connectivity index (χ1v) is 8.39. The topological polar surface area (TPSA) is 67.2 Å². The molecule has 0 radical (unpaired) electrons. The zero-order valence-corrected chi connectivity index (χ0v) is 14.7. The summed E-state index contributed by atoms with van der Waals surface area (Å²) in [5, 5.41) is 16.8. The lowest BCUT2D eigenvalue weighted by Crippen LogP contribution is -2.20. The molecule has 1 aromatic heterocycles. The number of aromatic nitrogens is 2. The number of nitrogens with zero attached hydrogens (tertiary/aromatic N) is 2. The molecule has 24 heavy (non-hydrogen) atoms. The van der Waals surface area contributed by atoms with Crippen molar-refractivity contribution in [1.82, 2.24) is 15.1 Å². The van der Waals surface area contributed by atoms with Gasteiger partial charge in [0.25, 0.3) is 0 Å². The molecule has 0 saturated carbocycles. The van der Waals surface area contributed by atoms with E-state index in [9.17, 15) is 4.79 Å². The Morgan fingerprint density at radius 2 is 1.96 bits per heavy atom. The van der Waals surface area contributed by atoms with E-state index in [1.54, 1.807) is 0 Å². The number of carboxylic acid groups (broad SMARTS) is 1. The van der Waals surface area contributed by atoms with Gasteiger partial charge in [0.15, 0.2) is 0 Å². The van der Waals surface area contributed by atoms with Gasteiger partial charge >= 0.3 is 5.97 Å². The Labute approximate surface area is 143 Å². The van der Waals surface area contributed by atoms with E-state index < -0.39 is 5.97 Å². The highest BCUT2D eigenvalue weighted by atomic mass is 16.4. The summed E-state index contributed by atoms with van der Waals surface area (Å²) in [5.74, 6) is -0.747. The number of carbonyl (C=O) groups is 1. The van der Waals surface area contributed by atoms with E-state index in [1.165, 1.54) is 11.1 Å². The highest BCUT2D eigenvalue weighted by Gasteiger charge is 2.22. The molecule has 1 aromatic carbocycles. The van der Waals surface area contributed by atoms with Crippen molar-refractivity contribution in [1.29, 1.82) is 0 Å². The highest BCUT2D eigenvalue weighted by Crippen LogP contribution is 2.24. The number of aliphatic carboxylic acids is 1. The first-order chi connectivity index (χ1) is 11.4. The second kappa shape index (κ2) is 8.11. The third-order valence-electron chi connectivity index (χ3n) is 3.79. The number of carboxylic acids is 1. The van der Waals surface area contributed by atoms with Crippen LogP contribution in [0.2, 0.25) is 0 Å². The summed E-state index contributed by atoms with van der Waals surface area (Å²) in [6, 6.07) is 10.3. The maximum absolute atomic E-state index is 10.6. The standard InChI is InChI=1S/C19H27N3O2/c1-19(2,3)18-16(12-20-11-7-10-17(23)24)14-22(21-18)13-15-8-5-4-6-9-15/h4-6,8-9,14,20H,7,10-13H2,1-3H3,(H,23,24). The summed E-state index contributed by atoms with van der Waals surface area (Å²) in [5.41, 5.74) is 3.46. The predicted octanol–water partition coefficient (Wildman–Crippen LogP) is 3.18. The molecule has 0 saturated heterocycles. The van der Waals surface area contributed by atoms with Crippen LogP contribution in [0.1, 0.15) is 50.4 Å². The van der Waals surface area contributed by atoms with Crippen molar-refractivity contribution < 1.29 is 9.90 Å². The van der Waals surface area contributed by atoms with Crippen molar-refractivity contribution in [3.63, 3.8) is 0 Å². The zero-order chi connectivity index (χ0) is 17.6. The lowest BCUT2D eigenvalue weighted by molar-refractivity contribution is -0.137. The lowest BCUT2D eigenvalue weighted by Gasteiger charge is -2.17. The normalized spacial score (nSPS) is 11.6. The average Bonchev–Trinajstić information content (AvgIpc) is 2.90. The van der Waals surface area contributed by atoms with Gasteiger partial charge in [-0.1, -0.05) is 51.1 Å². The van der Waals surface area contributed by atoms with Crippen LogP contribution in [0.3, 0.4) is 0 Å². The molecule has 5 nitrogen and oxygen atoms in total. The predicted molar refractivity (Wildman–Crippen MR) is 95.0 cm³/mol. The van der Waals surface area contributed by atoms with Crippen molar-refractivity contribution in [2.45, 2.75) is 52.1 Å². The summed E-state index contributed by atoms with van der Waals surface area (Å²) in [6.45, 7) is 8.64. The van der Waals surface area contributed by atoms with E-state index in [4.69, 9.17) is 10.2 Å². The quantitative estimate of drug-likeness (QED) is 0.730. The Balaban J connectivity index is 2.04. The number of hydrogen-bond acceptors (Lipinski definition) is 3. The summed E-state index contributed by atoms with van der Waals surface area (Å²) in [7, 11) is 0. The van der Waals surface area contributed by atoms with Crippen LogP contribution in [0.15, 0.2) is 36.5 Å². The fourth-order valence-electron chi connectivity index (χ4n) is 2.66. The Morgan fingerprint density at radius 3 is 2.58 bits per heavy atom. The first kappa shape index (κ1) is 18.2.